The molecule has 3 heterocycles. The molecule has 0 N–H and O–H groups in total. The van der Waals surface area contributed by atoms with E-state index in [1.165, 1.54) is 19.3 Å². The summed E-state index contributed by atoms with van der Waals surface area (Å²) >= 11 is 0. The van der Waals surface area contributed by atoms with E-state index in [0.29, 0.717) is 11.8 Å². The number of carbonyl (C=O) groups excluding carboxylic acids is 1. The molecule has 4 rings (SSSR count). The number of rotatable bonds is 2. The van der Waals surface area contributed by atoms with Crippen molar-refractivity contribution in [1.82, 2.24) is 19.7 Å². The molecule has 0 aromatic carbocycles. The van der Waals surface area contributed by atoms with Crippen molar-refractivity contribution in [2.75, 3.05) is 6.54 Å². The van der Waals surface area contributed by atoms with Crippen molar-refractivity contribution in [2.24, 2.45) is 5.92 Å². The van der Waals surface area contributed by atoms with E-state index in [4.69, 9.17) is 0 Å². The van der Waals surface area contributed by atoms with Gasteiger partial charge in [0.25, 0.3) is 0 Å². The average molecular weight is 274 g/mol. The van der Waals surface area contributed by atoms with Gasteiger partial charge in [0.1, 0.15) is 5.82 Å². The number of hydrogen-bond acceptors (Lipinski definition) is 3. The van der Waals surface area contributed by atoms with Crippen molar-refractivity contribution >= 4 is 5.91 Å². The van der Waals surface area contributed by atoms with Crippen molar-refractivity contribution in [3.8, 4) is 0 Å². The van der Waals surface area contributed by atoms with Crippen LogP contribution in [0.1, 0.15) is 62.6 Å². The largest absolute Gasteiger partial charge is 0.332 e. The smallest absolute Gasteiger partial charge is 0.226 e. The summed E-state index contributed by atoms with van der Waals surface area (Å²) < 4.78 is 2.30. The van der Waals surface area contributed by atoms with Crippen molar-refractivity contribution in [3.63, 3.8) is 0 Å². The van der Waals surface area contributed by atoms with E-state index in [-0.39, 0.29) is 6.04 Å². The Kier molecular flexibility index (Phi) is 3.00. The molecule has 1 saturated heterocycles. The second-order valence-electron chi connectivity index (χ2n) is 6.40. The third-order valence-electron chi connectivity index (χ3n) is 4.90. The Bertz CT molecular complexity index is 520. The summed E-state index contributed by atoms with van der Waals surface area (Å²) in [6.07, 6.45) is 9.06. The highest BCUT2D eigenvalue weighted by Crippen LogP contribution is 2.38. The van der Waals surface area contributed by atoms with E-state index in [9.17, 15) is 4.79 Å². The Morgan fingerprint density at radius 1 is 1.00 bits per heavy atom. The lowest BCUT2D eigenvalue weighted by Crippen LogP contribution is -2.33. The van der Waals surface area contributed by atoms with Crippen molar-refractivity contribution in [2.45, 2.75) is 64.0 Å². The molecule has 1 aliphatic carbocycles. The van der Waals surface area contributed by atoms with E-state index in [1.54, 1.807) is 0 Å². The van der Waals surface area contributed by atoms with Gasteiger partial charge in [0, 0.05) is 25.4 Å². The average Bonchev–Trinajstić information content (AvgIpc) is 3.14. The van der Waals surface area contributed by atoms with Gasteiger partial charge in [-0.25, -0.2) is 0 Å². The minimum absolute atomic E-state index is 0.183. The van der Waals surface area contributed by atoms with E-state index in [1.807, 2.05) is 0 Å². The van der Waals surface area contributed by atoms with Crippen molar-refractivity contribution < 1.29 is 4.79 Å². The third kappa shape index (κ3) is 2.03. The maximum absolute atomic E-state index is 12.4. The van der Waals surface area contributed by atoms with Crippen LogP contribution in [0.15, 0.2) is 0 Å². The van der Waals surface area contributed by atoms with Gasteiger partial charge in [-0.15, -0.1) is 10.2 Å². The molecular formula is C15H22N4O. The summed E-state index contributed by atoms with van der Waals surface area (Å²) in [5, 5.41) is 8.84. The minimum Gasteiger partial charge on any atom is -0.332 e. The number of likely N-dealkylation sites (tertiary alicyclic amines) is 1. The molecule has 1 saturated carbocycles. The second-order valence-corrected chi connectivity index (χ2v) is 6.40. The molecule has 0 bridgehead atoms. The fraction of sp³-hybridized carbons (Fsp3) is 0.800. The van der Waals surface area contributed by atoms with E-state index in [0.717, 1.165) is 56.8 Å². The molecule has 5 nitrogen and oxygen atoms in total. The molecule has 0 radical (unpaired) electrons. The molecule has 3 aliphatic rings. The summed E-state index contributed by atoms with van der Waals surface area (Å²) in [6, 6.07) is 0.183. The monoisotopic (exact) mass is 274 g/mol. The Labute approximate surface area is 119 Å². The highest BCUT2D eigenvalue weighted by atomic mass is 16.2. The van der Waals surface area contributed by atoms with Gasteiger partial charge in [-0.2, -0.15) is 0 Å². The molecule has 1 amide bonds. The first-order valence-corrected chi connectivity index (χ1v) is 8.07. The third-order valence-corrected chi connectivity index (χ3v) is 4.90. The van der Waals surface area contributed by atoms with Gasteiger partial charge in [-0.05, 0) is 38.5 Å². The lowest BCUT2D eigenvalue weighted by Gasteiger charge is -2.24. The standard InChI is InChI=1S/C15H22N4O/c20-15(11-7-8-11)18-10-4-5-12(18)14-17-16-13-6-2-1-3-9-19(13)14/h11-12H,1-10H2. The Balaban J connectivity index is 1.62. The zero-order chi connectivity index (χ0) is 13.5. The molecule has 108 valence electrons. The van der Waals surface area contributed by atoms with E-state index in [2.05, 4.69) is 19.7 Å². The van der Waals surface area contributed by atoms with Crippen LogP contribution in [0.3, 0.4) is 0 Å². The molecule has 2 fully saturated rings. The van der Waals surface area contributed by atoms with Crippen LogP contribution in [0, 0.1) is 5.92 Å². The number of aryl methyl sites for hydroxylation is 1. The molecule has 1 atom stereocenters. The van der Waals surface area contributed by atoms with Crippen LogP contribution < -0.4 is 0 Å². The minimum atomic E-state index is 0.183. The van der Waals surface area contributed by atoms with Gasteiger partial charge in [0.2, 0.25) is 5.91 Å². The van der Waals surface area contributed by atoms with E-state index < -0.39 is 0 Å². The normalized spacial score (nSPS) is 26.4. The van der Waals surface area contributed by atoms with Crippen LogP contribution in [-0.2, 0) is 17.8 Å². The van der Waals surface area contributed by atoms with Crippen molar-refractivity contribution in [3.05, 3.63) is 11.6 Å². The summed E-state index contributed by atoms with van der Waals surface area (Å²) in [5.74, 6) is 2.84. The van der Waals surface area contributed by atoms with E-state index >= 15 is 0 Å². The van der Waals surface area contributed by atoms with Gasteiger partial charge >= 0.3 is 0 Å². The van der Waals surface area contributed by atoms with Crippen LogP contribution in [0.5, 0.6) is 0 Å². The van der Waals surface area contributed by atoms with Gasteiger partial charge in [-0.1, -0.05) is 6.42 Å². The van der Waals surface area contributed by atoms with Gasteiger partial charge in [-0.3, -0.25) is 4.79 Å². The number of nitrogens with zero attached hydrogens (tertiary/aromatic N) is 4. The quantitative estimate of drug-likeness (QED) is 0.829. The molecule has 0 spiro atoms. The predicted molar refractivity (Wildman–Crippen MR) is 74.0 cm³/mol. The molecular weight excluding hydrogens is 252 g/mol. The number of carbonyl (C=O) groups is 1. The first-order chi connectivity index (χ1) is 9.84. The van der Waals surface area contributed by atoms with Crippen LogP contribution in [0.2, 0.25) is 0 Å². The Morgan fingerprint density at radius 2 is 1.90 bits per heavy atom. The van der Waals surface area contributed by atoms with Crippen LogP contribution in [0.4, 0.5) is 0 Å². The maximum Gasteiger partial charge on any atom is 0.226 e. The van der Waals surface area contributed by atoms with Gasteiger partial charge < -0.3 is 9.47 Å². The maximum atomic E-state index is 12.4. The number of hydrogen-bond donors (Lipinski definition) is 0. The van der Waals surface area contributed by atoms with Crippen LogP contribution in [0.25, 0.3) is 0 Å². The highest BCUT2D eigenvalue weighted by molar-refractivity contribution is 5.81. The van der Waals surface area contributed by atoms with Crippen molar-refractivity contribution in [1.29, 1.82) is 0 Å². The fourth-order valence-corrected chi connectivity index (χ4v) is 3.62. The zero-order valence-corrected chi connectivity index (χ0v) is 11.9. The molecule has 2 aliphatic heterocycles. The molecule has 1 unspecified atom stereocenters. The topological polar surface area (TPSA) is 51.0 Å². The Hall–Kier alpha value is -1.39. The van der Waals surface area contributed by atoms with Gasteiger partial charge in [0.15, 0.2) is 5.82 Å². The molecule has 1 aromatic heterocycles. The first-order valence-electron chi connectivity index (χ1n) is 8.07. The Morgan fingerprint density at radius 3 is 2.75 bits per heavy atom. The number of fused-ring (bicyclic) bond motifs is 1. The molecule has 20 heavy (non-hydrogen) atoms. The fourth-order valence-electron chi connectivity index (χ4n) is 3.62. The summed E-state index contributed by atoms with van der Waals surface area (Å²) in [7, 11) is 0. The summed E-state index contributed by atoms with van der Waals surface area (Å²) in [5.41, 5.74) is 0. The van der Waals surface area contributed by atoms with Crippen LogP contribution >= 0.6 is 0 Å². The lowest BCUT2D eigenvalue weighted by molar-refractivity contribution is -0.133. The SMILES string of the molecule is O=C(C1CC1)N1CCCC1c1nnc2n1CCCCC2. The predicted octanol–water partition coefficient (Wildman–Crippen LogP) is 2.08. The van der Waals surface area contributed by atoms with Gasteiger partial charge in [0.05, 0.1) is 6.04 Å². The lowest BCUT2D eigenvalue weighted by atomic mass is 10.2. The van der Waals surface area contributed by atoms with Crippen LogP contribution in [-0.4, -0.2) is 32.1 Å². The summed E-state index contributed by atoms with van der Waals surface area (Å²) in [4.78, 5) is 14.5. The number of aromatic nitrogens is 3. The molecule has 1 aromatic rings. The first kappa shape index (κ1) is 12.4. The second kappa shape index (κ2) is 4.86. The summed E-state index contributed by atoms with van der Waals surface area (Å²) in [6.45, 7) is 1.93. The highest BCUT2D eigenvalue weighted by Gasteiger charge is 2.40. The number of amides is 1. The zero-order valence-electron chi connectivity index (χ0n) is 11.9. The molecule has 5 heteroatoms.